The number of carbonyl (C=O) groups is 1. The molecule has 1 N–H and O–H groups in total. The summed E-state index contributed by atoms with van der Waals surface area (Å²) < 4.78 is 11.3. The van der Waals surface area contributed by atoms with E-state index in [1.165, 1.54) is 0 Å². The number of benzene rings is 1. The minimum absolute atomic E-state index is 0. The Kier molecular flexibility index (Phi) is 10.2. The molecule has 0 saturated carbocycles. The van der Waals surface area contributed by atoms with E-state index in [1.54, 1.807) is 0 Å². The van der Waals surface area contributed by atoms with Crippen LogP contribution < -0.4 is 10.1 Å². The Morgan fingerprint density at radius 1 is 1.27 bits per heavy atom. The van der Waals surface area contributed by atoms with E-state index in [1.807, 2.05) is 36.9 Å². The van der Waals surface area contributed by atoms with Gasteiger partial charge in [-0.3, -0.25) is 4.79 Å². The smallest absolute Gasteiger partial charge is 0.251 e. The van der Waals surface area contributed by atoms with Crippen LogP contribution in [0.5, 0.6) is 5.75 Å². The lowest BCUT2D eigenvalue weighted by Crippen LogP contribution is -2.55. The van der Waals surface area contributed by atoms with Crippen molar-refractivity contribution in [2.24, 2.45) is 4.99 Å². The molecule has 8 heteroatoms. The number of guanidine groups is 1. The molecule has 2 heterocycles. The van der Waals surface area contributed by atoms with E-state index >= 15 is 0 Å². The second-order valence-electron chi connectivity index (χ2n) is 7.80. The molecule has 2 fully saturated rings. The summed E-state index contributed by atoms with van der Waals surface area (Å²) in [5, 5.41) is 3.39. The average Bonchev–Trinajstić information content (AvgIpc) is 3.25. The fourth-order valence-corrected chi connectivity index (χ4v) is 3.70. The van der Waals surface area contributed by atoms with Gasteiger partial charge in [-0.2, -0.15) is 0 Å². The van der Waals surface area contributed by atoms with E-state index in [0.717, 1.165) is 49.7 Å². The van der Waals surface area contributed by atoms with Gasteiger partial charge in [0.25, 0.3) is 5.91 Å². The van der Waals surface area contributed by atoms with E-state index in [4.69, 9.17) is 14.5 Å². The van der Waals surface area contributed by atoms with Crippen molar-refractivity contribution >= 4 is 35.8 Å². The van der Waals surface area contributed by atoms with Crippen LogP contribution in [0.4, 0.5) is 0 Å². The monoisotopic (exact) mass is 530 g/mol. The normalized spacial score (nSPS) is 19.6. The van der Waals surface area contributed by atoms with Crippen LogP contribution in [0.2, 0.25) is 0 Å². The lowest BCUT2D eigenvalue weighted by Gasteiger charge is -2.37. The number of hydrogen-bond donors (Lipinski definition) is 1. The minimum atomic E-state index is -0.233. The van der Waals surface area contributed by atoms with Crippen LogP contribution in [0.1, 0.15) is 39.2 Å². The average molecular weight is 530 g/mol. The molecule has 1 atom stereocenters. The fourth-order valence-electron chi connectivity index (χ4n) is 3.70. The number of ether oxygens (including phenoxy) is 2. The van der Waals surface area contributed by atoms with Crippen LogP contribution in [0.3, 0.4) is 0 Å². The molecule has 30 heavy (non-hydrogen) atoms. The second kappa shape index (κ2) is 12.3. The number of amides is 1. The van der Waals surface area contributed by atoms with Gasteiger partial charge in [0.05, 0.1) is 12.6 Å². The highest BCUT2D eigenvalue weighted by Crippen LogP contribution is 2.17. The maximum absolute atomic E-state index is 12.5. The number of halogens is 1. The molecule has 0 spiro atoms. The van der Waals surface area contributed by atoms with Gasteiger partial charge in [0.15, 0.2) is 5.96 Å². The Morgan fingerprint density at radius 3 is 2.63 bits per heavy atom. The molecule has 0 aliphatic carbocycles. The molecule has 1 aromatic carbocycles. The van der Waals surface area contributed by atoms with Gasteiger partial charge in [-0.05, 0) is 51.3 Å². The third-order valence-corrected chi connectivity index (χ3v) is 5.11. The number of rotatable bonds is 6. The Labute approximate surface area is 197 Å². The van der Waals surface area contributed by atoms with Crippen molar-refractivity contribution in [2.75, 3.05) is 39.3 Å². The lowest BCUT2D eigenvalue weighted by atomic mass is 10.2. The topological polar surface area (TPSA) is 66.4 Å². The summed E-state index contributed by atoms with van der Waals surface area (Å²) in [6.45, 7) is 11.2. The van der Waals surface area contributed by atoms with Gasteiger partial charge >= 0.3 is 0 Å². The van der Waals surface area contributed by atoms with E-state index in [-0.39, 0.29) is 42.1 Å². The molecule has 2 aliphatic rings. The van der Waals surface area contributed by atoms with E-state index < -0.39 is 0 Å². The number of hydrogen-bond acceptors (Lipinski definition) is 4. The Hall–Kier alpha value is -1.55. The Bertz CT molecular complexity index is 699. The standard InChI is InChI=1S/C22H34N4O3.HI/c1-4-23-22(24-16-18-7-5-8-19(15-18)29-17(2)3)26-12-10-25(11-13-26)21(27)20-9-6-14-28-20;/h5,7-8,15,17,20H,4,6,9-14,16H2,1-3H3,(H,23,24);1H. The van der Waals surface area contributed by atoms with Crippen molar-refractivity contribution in [2.45, 2.75) is 52.4 Å². The van der Waals surface area contributed by atoms with E-state index in [0.29, 0.717) is 26.2 Å². The quantitative estimate of drug-likeness (QED) is 0.348. The number of nitrogens with zero attached hydrogens (tertiary/aromatic N) is 3. The van der Waals surface area contributed by atoms with Gasteiger partial charge in [-0.15, -0.1) is 24.0 Å². The summed E-state index contributed by atoms with van der Waals surface area (Å²) in [5.41, 5.74) is 1.12. The van der Waals surface area contributed by atoms with Crippen LogP contribution in [-0.4, -0.2) is 73.2 Å². The zero-order chi connectivity index (χ0) is 20.6. The third kappa shape index (κ3) is 7.01. The first kappa shape index (κ1) is 24.7. The molecule has 1 amide bonds. The molecular weight excluding hydrogens is 495 g/mol. The predicted molar refractivity (Wildman–Crippen MR) is 130 cm³/mol. The SMILES string of the molecule is CCNC(=NCc1cccc(OC(C)C)c1)N1CCN(C(=O)C2CCCO2)CC1.I. The van der Waals surface area contributed by atoms with E-state index in [9.17, 15) is 4.79 Å². The van der Waals surface area contributed by atoms with Gasteiger partial charge in [0, 0.05) is 39.3 Å². The van der Waals surface area contributed by atoms with Crippen molar-refractivity contribution in [1.29, 1.82) is 0 Å². The molecule has 2 saturated heterocycles. The summed E-state index contributed by atoms with van der Waals surface area (Å²) in [7, 11) is 0. The van der Waals surface area contributed by atoms with Crippen molar-refractivity contribution in [1.82, 2.24) is 15.1 Å². The highest BCUT2D eigenvalue weighted by molar-refractivity contribution is 14.0. The highest BCUT2D eigenvalue weighted by atomic mass is 127. The lowest BCUT2D eigenvalue weighted by molar-refractivity contribution is -0.142. The summed E-state index contributed by atoms with van der Waals surface area (Å²) in [5.74, 6) is 1.91. The first-order chi connectivity index (χ1) is 14.1. The van der Waals surface area contributed by atoms with Crippen molar-refractivity contribution in [3.05, 3.63) is 29.8 Å². The highest BCUT2D eigenvalue weighted by Gasteiger charge is 2.30. The van der Waals surface area contributed by atoms with Crippen molar-refractivity contribution in [3.8, 4) is 5.75 Å². The molecule has 0 aromatic heterocycles. The number of piperazine rings is 1. The van der Waals surface area contributed by atoms with Crippen LogP contribution in [0.15, 0.2) is 29.3 Å². The number of carbonyl (C=O) groups excluding carboxylic acids is 1. The molecule has 7 nitrogen and oxygen atoms in total. The van der Waals surface area contributed by atoms with E-state index in [2.05, 4.69) is 23.2 Å². The summed E-state index contributed by atoms with van der Waals surface area (Å²) in [6.07, 6.45) is 1.75. The summed E-state index contributed by atoms with van der Waals surface area (Å²) in [6, 6.07) is 8.09. The summed E-state index contributed by atoms with van der Waals surface area (Å²) >= 11 is 0. The van der Waals surface area contributed by atoms with Crippen molar-refractivity contribution in [3.63, 3.8) is 0 Å². The Morgan fingerprint density at radius 2 is 2.00 bits per heavy atom. The van der Waals surface area contributed by atoms with Gasteiger partial charge in [-0.25, -0.2) is 4.99 Å². The summed E-state index contributed by atoms with van der Waals surface area (Å²) in [4.78, 5) is 21.5. The molecule has 3 rings (SSSR count). The third-order valence-electron chi connectivity index (χ3n) is 5.11. The zero-order valence-corrected chi connectivity index (χ0v) is 20.6. The molecule has 168 valence electrons. The van der Waals surface area contributed by atoms with Gasteiger partial charge in [-0.1, -0.05) is 12.1 Å². The van der Waals surface area contributed by atoms with Crippen LogP contribution in [-0.2, 0) is 16.1 Å². The van der Waals surface area contributed by atoms with Gasteiger partial charge in [0.1, 0.15) is 11.9 Å². The van der Waals surface area contributed by atoms with Crippen LogP contribution in [0.25, 0.3) is 0 Å². The predicted octanol–water partition coefficient (Wildman–Crippen LogP) is 2.88. The first-order valence-corrected chi connectivity index (χ1v) is 10.8. The van der Waals surface area contributed by atoms with Crippen molar-refractivity contribution < 1.29 is 14.3 Å². The van der Waals surface area contributed by atoms with Crippen LogP contribution >= 0.6 is 24.0 Å². The minimum Gasteiger partial charge on any atom is -0.491 e. The molecule has 0 radical (unpaired) electrons. The largest absolute Gasteiger partial charge is 0.491 e. The molecule has 1 aromatic rings. The fraction of sp³-hybridized carbons (Fsp3) is 0.636. The van der Waals surface area contributed by atoms with Gasteiger partial charge in [0.2, 0.25) is 0 Å². The molecule has 1 unspecified atom stereocenters. The zero-order valence-electron chi connectivity index (χ0n) is 18.3. The maximum Gasteiger partial charge on any atom is 0.251 e. The van der Waals surface area contributed by atoms with Gasteiger partial charge < -0.3 is 24.6 Å². The first-order valence-electron chi connectivity index (χ1n) is 10.8. The number of aliphatic imine (C=N–C) groups is 1. The van der Waals surface area contributed by atoms with Crippen LogP contribution in [0, 0.1) is 0 Å². The molecule has 0 bridgehead atoms. The second-order valence-corrected chi connectivity index (χ2v) is 7.80. The molecular formula is C22H35IN4O3. The number of nitrogens with one attached hydrogen (secondary N) is 1. The maximum atomic E-state index is 12.5. The molecule has 2 aliphatic heterocycles. The Balaban J connectivity index is 0.00000320.